The van der Waals surface area contributed by atoms with Crippen LogP contribution in [0.1, 0.15) is 0 Å². The Hall–Kier alpha value is -2.43. The average Bonchev–Trinajstić information content (AvgIpc) is 2.36. The van der Waals surface area contributed by atoms with Crippen LogP contribution in [0.5, 0.6) is 5.75 Å². The second-order valence-corrected chi connectivity index (χ2v) is 3.43. The van der Waals surface area contributed by atoms with Crippen molar-refractivity contribution in [2.75, 3.05) is 5.32 Å². The lowest BCUT2D eigenvalue weighted by Crippen LogP contribution is -2.17. The first-order valence-electron chi connectivity index (χ1n) is 5.15. The molecule has 0 heterocycles. The number of nitrogens with one attached hydrogen (secondary N) is 1. The lowest BCUT2D eigenvalue weighted by Gasteiger charge is -2.07. The van der Waals surface area contributed by atoms with Crippen LogP contribution >= 0.6 is 0 Å². The molecule has 18 heavy (non-hydrogen) atoms. The highest BCUT2D eigenvalue weighted by molar-refractivity contribution is 5.86. The zero-order valence-corrected chi connectivity index (χ0v) is 9.19. The van der Waals surface area contributed by atoms with Crippen molar-refractivity contribution in [3.05, 3.63) is 60.2 Å². The summed E-state index contributed by atoms with van der Waals surface area (Å²) in [5, 5.41) is 2.39. The molecule has 92 valence electrons. The largest absolute Gasteiger partial charge is 0.417 e. The molecule has 1 N–H and O–H groups in total. The number of hydrogen-bond acceptors (Lipinski definition) is 2. The Kier molecular flexibility index (Phi) is 3.52. The van der Waals surface area contributed by atoms with Crippen LogP contribution in [0.4, 0.5) is 19.3 Å². The van der Waals surface area contributed by atoms with E-state index in [2.05, 4.69) is 10.1 Å². The number of hydrogen-bond donors (Lipinski definition) is 1. The Bertz CT molecular complexity index is 558. The maximum Gasteiger partial charge on any atom is 0.417 e. The summed E-state index contributed by atoms with van der Waals surface area (Å²) in [6, 6.07) is 11.9. The van der Waals surface area contributed by atoms with E-state index in [-0.39, 0.29) is 0 Å². The van der Waals surface area contributed by atoms with Gasteiger partial charge in [0.05, 0.1) is 0 Å². The molecule has 0 aliphatic heterocycles. The van der Waals surface area contributed by atoms with E-state index in [1.807, 2.05) is 0 Å². The van der Waals surface area contributed by atoms with E-state index in [0.29, 0.717) is 5.69 Å². The summed E-state index contributed by atoms with van der Waals surface area (Å²) in [6.45, 7) is 0. The predicted molar refractivity (Wildman–Crippen MR) is 62.4 cm³/mol. The fraction of sp³-hybridized carbons (Fsp3) is 0. The molecular formula is C13H9F2NO2. The van der Waals surface area contributed by atoms with Crippen LogP contribution in [0, 0.1) is 11.6 Å². The predicted octanol–water partition coefficient (Wildman–Crippen LogP) is 3.58. The molecule has 0 radical (unpaired) electrons. The topological polar surface area (TPSA) is 38.3 Å². The van der Waals surface area contributed by atoms with Gasteiger partial charge in [-0.15, -0.1) is 0 Å². The molecule has 5 heteroatoms. The van der Waals surface area contributed by atoms with Crippen LogP contribution in [-0.2, 0) is 0 Å². The number of carbonyl (C=O) groups excluding carboxylic acids is 1. The Morgan fingerprint density at radius 2 is 1.72 bits per heavy atom. The number of amides is 1. The maximum absolute atomic E-state index is 13.2. The van der Waals surface area contributed by atoms with Gasteiger partial charge in [0.15, 0.2) is 11.6 Å². The monoisotopic (exact) mass is 249 g/mol. The molecule has 0 aromatic heterocycles. The van der Waals surface area contributed by atoms with Crippen molar-refractivity contribution in [1.29, 1.82) is 0 Å². The van der Waals surface area contributed by atoms with E-state index in [1.165, 1.54) is 12.1 Å². The van der Waals surface area contributed by atoms with E-state index in [9.17, 15) is 13.6 Å². The van der Waals surface area contributed by atoms with Gasteiger partial charge in [0.1, 0.15) is 0 Å². The van der Waals surface area contributed by atoms with Crippen molar-refractivity contribution in [3.8, 4) is 5.75 Å². The lowest BCUT2D eigenvalue weighted by atomic mass is 10.3. The third-order valence-electron chi connectivity index (χ3n) is 2.14. The number of anilines is 1. The van der Waals surface area contributed by atoms with Gasteiger partial charge in [-0.1, -0.05) is 24.3 Å². The van der Waals surface area contributed by atoms with Crippen LogP contribution in [-0.4, -0.2) is 6.09 Å². The Morgan fingerprint density at radius 3 is 2.44 bits per heavy atom. The Labute approximate surface area is 102 Å². The minimum atomic E-state index is -1.19. The van der Waals surface area contributed by atoms with Gasteiger partial charge >= 0.3 is 6.09 Å². The molecule has 0 unspecified atom stereocenters. The molecule has 2 aromatic carbocycles. The standard InChI is InChI=1S/C13H9F2NO2/c14-10-7-4-8-11(12(10)15)18-13(17)16-9-5-2-1-3-6-9/h1-8H,(H,16,17). The zero-order valence-electron chi connectivity index (χ0n) is 9.19. The van der Waals surface area contributed by atoms with Gasteiger partial charge in [0, 0.05) is 5.69 Å². The van der Waals surface area contributed by atoms with E-state index in [1.54, 1.807) is 30.3 Å². The lowest BCUT2D eigenvalue weighted by molar-refractivity contribution is 0.212. The molecule has 0 saturated carbocycles. The molecule has 0 aliphatic carbocycles. The van der Waals surface area contributed by atoms with Crippen molar-refractivity contribution in [1.82, 2.24) is 0 Å². The number of halogens is 2. The molecule has 2 aromatic rings. The molecule has 0 spiro atoms. The second-order valence-electron chi connectivity index (χ2n) is 3.43. The number of ether oxygens (including phenoxy) is 1. The molecule has 0 bridgehead atoms. The van der Waals surface area contributed by atoms with E-state index >= 15 is 0 Å². The third-order valence-corrected chi connectivity index (χ3v) is 2.14. The number of benzene rings is 2. The summed E-state index contributed by atoms with van der Waals surface area (Å²) in [5.41, 5.74) is 0.499. The van der Waals surface area contributed by atoms with E-state index < -0.39 is 23.5 Å². The minimum Gasteiger partial charge on any atom is -0.407 e. The first-order chi connectivity index (χ1) is 8.66. The number of para-hydroxylation sites is 1. The van der Waals surface area contributed by atoms with Crippen molar-refractivity contribution >= 4 is 11.8 Å². The van der Waals surface area contributed by atoms with E-state index in [0.717, 1.165) is 6.07 Å². The summed E-state index contributed by atoms with van der Waals surface area (Å²) < 4.78 is 30.8. The van der Waals surface area contributed by atoms with Gasteiger partial charge in [0.25, 0.3) is 0 Å². The van der Waals surface area contributed by atoms with Gasteiger partial charge in [-0.2, -0.15) is 4.39 Å². The quantitative estimate of drug-likeness (QED) is 0.883. The Morgan fingerprint density at radius 1 is 1.00 bits per heavy atom. The molecule has 0 fully saturated rings. The fourth-order valence-corrected chi connectivity index (χ4v) is 1.33. The smallest absolute Gasteiger partial charge is 0.407 e. The highest BCUT2D eigenvalue weighted by Gasteiger charge is 2.12. The van der Waals surface area contributed by atoms with Crippen molar-refractivity contribution < 1.29 is 18.3 Å². The highest BCUT2D eigenvalue weighted by atomic mass is 19.2. The molecule has 0 atom stereocenters. The SMILES string of the molecule is O=C(Nc1ccccc1)Oc1cccc(F)c1F. The normalized spacial score (nSPS) is 9.89. The zero-order chi connectivity index (χ0) is 13.0. The molecule has 2 rings (SSSR count). The van der Waals surface area contributed by atoms with Gasteiger partial charge in [-0.3, -0.25) is 5.32 Å². The summed E-state index contributed by atoms with van der Waals surface area (Å²) >= 11 is 0. The van der Waals surface area contributed by atoms with Crippen LogP contribution in [0.3, 0.4) is 0 Å². The summed E-state index contributed by atoms with van der Waals surface area (Å²) in [5.74, 6) is -2.72. The third kappa shape index (κ3) is 2.82. The number of rotatable bonds is 2. The summed E-state index contributed by atoms with van der Waals surface area (Å²) in [7, 11) is 0. The fourth-order valence-electron chi connectivity index (χ4n) is 1.33. The molecule has 0 saturated heterocycles. The molecule has 0 aliphatic rings. The van der Waals surface area contributed by atoms with Gasteiger partial charge in [-0.25, -0.2) is 9.18 Å². The molecular weight excluding hydrogens is 240 g/mol. The van der Waals surface area contributed by atoms with Crippen LogP contribution in [0.2, 0.25) is 0 Å². The number of carbonyl (C=O) groups is 1. The van der Waals surface area contributed by atoms with Crippen molar-refractivity contribution in [3.63, 3.8) is 0 Å². The molecule has 3 nitrogen and oxygen atoms in total. The first kappa shape index (κ1) is 12.0. The first-order valence-corrected chi connectivity index (χ1v) is 5.15. The highest BCUT2D eigenvalue weighted by Crippen LogP contribution is 2.19. The van der Waals surface area contributed by atoms with Gasteiger partial charge < -0.3 is 4.74 Å². The van der Waals surface area contributed by atoms with Gasteiger partial charge in [0.2, 0.25) is 5.82 Å². The summed E-state index contributed by atoms with van der Waals surface area (Å²) in [4.78, 5) is 11.4. The molecule has 1 amide bonds. The van der Waals surface area contributed by atoms with Crippen LogP contribution < -0.4 is 10.1 Å². The van der Waals surface area contributed by atoms with Crippen molar-refractivity contribution in [2.45, 2.75) is 0 Å². The van der Waals surface area contributed by atoms with E-state index in [4.69, 9.17) is 0 Å². The van der Waals surface area contributed by atoms with Crippen LogP contribution in [0.25, 0.3) is 0 Å². The average molecular weight is 249 g/mol. The van der Waals surface area contributed by atoms with Gasteiger partial charge in [-0.05, 0) is 24.3 Å². The second kappa shape index (κ2) is 5.27. The Balaban J connectivity index is 2.06. The summed E-state index contributed by atoms with van der Waals surface area (Å²) in [6.07, 6.45) is -0.884. The minimum absolute atomic E-state index is 0.455. The van der Waals surface area contributed by atoms with Crippen LogP contribution in [0.15, 0.2) is 48.5 Å². The van der Waals surface area contributed by atoms with Crippen molar-refractivity contribution in [2.24, 2.45) is 0 Å². The maximum atomic E-state index is 13.2.